The van der Waals surface area contributed by atoms with E-state index in [4.69, 9.17) is 10.5 Å². The van der Waals surface area contributed by atoms with E-state index in [-0.39, 0.29) is 10.9 Å². The van der Waals surface area contributed by atoms with E-state index in [1.54, 1.807) is 26.0 Å². The molecule has 0 atom stereocenters. The molecule has 18 heavy (non-hydrogen) atoms. The maximum absolute atomic E-state index is 11.8. The van der Waals surface area contributed by atoms with Crippen molar-refractivity contribution in [3.63, 3.8) is 0 Å². The Morgan fingerprint density at radius 1 is 1.28 bits per heavy atom. The van der Waals surface area contributed by atoms with E-state index in [0.717, 1.165) is 6.42 Å². The molecule has 0 amide bonds. The Bertz CT molecular complexity index is 455. The maximum Gasteiger partial charge on any atom is 0.240 e. The first kappa shape index (κ1) is 14.9. The molecule has 0 saturated carbocycles. The quantitative estimate of drug-likeness (QED) is 0.728. The summed E-state index contributed by atoms with van der Waals surface area (Å²) < 4.78 is 31.6. The highest BCUT2D eigenvalue weighted by Gasteiger charge is 2.14. The third-order valence-electron chi connectivity index (χ3n) is 2.14. The molecule has 0 aromatic heterocycles. The molecule has 1 rings (SSSR count). The van der Waals surface area contributed by atoms with Crippen LogP contribution in [0.25, 0.3) is 0 Å². The van der Waals surface area contributed by atoms with Gasteiger partial charge in [0.25, 0.3) is 0 Å². The summed E-state index contributed by atoms with van der Waals surface area (Å²) >= 11 is 0. The lowest BCUT2D eigenvalue weighted by Gasteiger charge is -2.10. The molecule has 1 aromatic carbocycles. The largest absolute Gasteiger partial charge is 0.494 e. The normalized spacial score (nSPS) is 11.8. The molecule has 0 heterocycles. The lowest BCUT2D eigenvalue weighted by molar-refractivity contribution is 0.313. The minimum absolute atomic E-state index is 0.129. The van der Waals surface area contributed by atoms with Crippen molar-refractivity contribution in [2.75, 3.05) is 13.2 Å². The lowest BCUT2D eigenvalue weighted by atomic mass is 10.3. The van der Waals surface area contributed by atoms with Crippen LogP contribution in [0.3, 0.4) is 0 Å². The summed E-state index contributed by atoms with van der Waals surface area (Å²) in [5, 5.41) is 0. The summed E-state index contributed by atoms with van der Waals surface area (Å²) in [4.78, 5) is 0.238. The Labute approximate surface area is 108 Å². The summed E-state index contributed by atoms with van der Waals surface area (Å²) in [5.74, 6) is 0.645. The predicted octanol–water partition coefficient (Wildman–Crippen LogP) is 1.10. The number of nitrogens with one attached hydrogen (secondary N) is 1. The van der Waals surface area contributed by atoms with Gasteiger partial charge in [0, 0.05) is 6.04 Å². The SMILES string of the molecule is CC(C)NS(=O)(=O)c1ccc(OCCCN)cc1. The molecule has 0 unspecified atom stereocenters. The van der Waals surface area contributed by atoms with Gasteiger partial charge in [0.15, 0.2) is 0 Å². The highest BCUT2D eigenvalue weighted by Crippen LogP contribution is 2.16. The van der Waals surface area contributed by atoms with Crippen molar-refractivity contribution < 1.29 is 13.2 Å². The zero-order chi connectivity index (χ0) is 13.6. The molecule has 1 aromatic rings. The molecule has 0 bridgehead atoms. The van der Waals surface area contributed by atoms with Gasteiger partial charge in [-0.3, -0.25) is 0 Å². The monoisotopic (exact) mass is 272 g/mol. The number of nitrogens with two attached hydrogens (primary N) is 1. The summed E-state index contributed by atoms with van der Waals surface area (Å²) in [6.45, 7) is 4.67. The molecule has 0 aliphatic carbocycles. The molecule has 6 heteroatoms. The highest BCUT2D eigenvalue weighted by molar-refractivity contribution is 7.89. The Balaban J connectivity index is 2.70. The van der Waals surface area contributed by atoms with Crippen molar-refractivity contribution in [1.29, 1.82) is 0 Å². The highest BCUT2D eigenvalue weighted by atomic mass is 32.2. The van der Waals surface area contributed by atoms with Gasteiger partial charge in [0.05, 0.1) is 11.5 Å². The molecule has 0 aliphatic rings. The summed E-state index contributed by atoms with van der Waals surface area (Å²) in [6.07, 6.45) is 0.773. The minimum Gasteiger partial charge on any atom is -0.494 e. The van der Waals surface area contributed by atoms with Crippen LogP contribution < -0.4 is 15.2 Å². The van der Waals surface area contributed by atoms with Crippen LogP contribution in [0.15, 0.2) is 29.2 Å². The van der Waals surface area contributed by atoms with Crippen LogP contribution in [0.2, 0.25) is 0 Å². The van der Waals surface area contributed by atoms with E-state index in [9.17, 15) is 8.42 Å². The summed E-state index contributed by atoms with van der Waals surface area (Å²) in [6, 6.07) is 6.22. The Morgan fingerprint density at radius 3 is 2.39 bits per heavy atom. The first-order valence-corrected chi connectivity index (χ1v) is 7.39. The molecule has 0 aliphatic heterocycles. The smallest absolute Gasteiger partial charge is 0.240 e. The van der Waals surface area contributed by atoms with Gasteiger partial charge in [-0.15, -0.1) is 0 Å². The van der Waals surface area contributed by atoms with Crippen molar-refractivity contribution in [3.05, 3.63) is 24.3 Å². The van der Waals surface area contributed by atoms with Crippen molar-refractivity contribution in [1.82, 2.24) is 4.72 Å². The van der Waals surface area contributed by atoms with E-state index in [1.165, 1.54) is 12.1 Å². The first-order valence-electron chi connectivity index (χ1n) is 5.91. The molecular weight excluding hydrogens is 252 g/mol. The third kappa shape index (κ3) is 4.64. The van der Waals surface area contributed by atoms with Gasteiger partial charge in [0.2, 0.25) is 10.0 Å². The van der Waals surface area contributed by atoms with Crippen LogP contribution >= 0.6 is 0 Å². The predicted molar refractivity (Wildman–Crippen MR) is 71.1 cm³/mol. The topological polar surface area (TPSA) is 81.4 Å². The van der Waals surface area contributed by atoms with Crippen LogP contribution in [0.4, 0.5) is 0 Å². The summed E-state index contributed by atoms with van der Waals surface area (Å²) in [7, 11) is -3.43. The number of hydrogen-bond donors (Lipinski definition) is 2. The number of hydrogen-bond acceptors (Lipinski definition) is 4. The summed E-state index contributed by atoms with van der Waals surface area (Å²) in [5.41, 5.74) is 5.35. The van der Waals surface area contributed by atoms with Crippen LogP contribution in [0.5, 0.6) is 5.75 Å². The molecule has 0 spiro atoms. The van der Waals surface area contributed by atoms with Gasteiger partial charge in [-0.05, 0) is 51.1 Å². The minimum atomic E-state index is -3.43. The number of ether oxygens (including phenoxy) is 1. The Kier molecular flexibility index (Phi) is 5.58. The van der Waals surface area contributed by atoms with Gasteiger partial charge in [-0.25, -0.2) is 13.1 Å². The van der Waals surface area contributed by atoms with E-state index < -0.39 is 10.0 Å². The van der Waals surface area contributed by atoms with Gasteiger partial charge in [-0.1, -0.05) is 0 Å². The van der Waals surface area contributed by atoms with Crippen molar-refractivity contribution in [2.24, 2.45) is 5.73 Å². The van der Waals surface area contributed by atoms with E-state index >= 15 is 0 Å². The van der Waals surface area contributed by atoms with Crippen molar-refractivity contribution in [2.45, 2.75) is 31.2 Å². The average Bonchev–Trinajstić information content (AvgIpc) is 2.28. The fourth-order valence-corrected chi connectivity index (χ4v) is 2.62. The lowest BCUT2D eigenvalue weighted by Crippen LogP contribution is -2.30. The third-order valence-corrected chi connectivity index (χ3v) is 3.82. The maximum atomic E-state index is 11.8. The zero-order valence-corrected chi connectivity index (χ0v) is 11.5. The van der Waals surface area contributed by atoms with E-state index in [2.05, 4.69) is 4.72 Å². The molecule has 5 nitrogen and oxygen atoms in total. The Hall–Kier alpha value is -1.11. The van der Waals surface area contributed by atoms with Gasteiger partial charge >= 0.3 is 0 Å². The molecule has 0 fully saturated rings. The second-order valence-corrected chi connectivity index (χ2v) is 5.95. The van der Waals surface area contributed by atoms with E-state index in [0.29, 0.717) is 18.9 Å². The molecular formula is C12H20N2O3S. The molecule has 0 radical (unpaired) electrons. The van der Waals surface area contributed by atoms with Gasteiger partial charge < -0.3 is 10.5 Å². The van der Waals surface area contributed by atoms with Crippen LogP contribution in [-0.2, 0) is 10.0 Å². The number of benzene rings is 1. The molecule has 3 N–H and O–H groups in total. The van der Waals surface area contributed by atoms with E-state index in [1.807, 2.05) is 0 Å². The second-order valence-electron chi connectivity index (χ2n) is 4.24. The van der Waals surface area contributed by atoms with Crippen LogP contribution in [0, 0.1) is 0 Å². The van der Waals surface area contributed by atoms with Gasteiger partial charge in [-0.2, -0.15) is 0 Å². The van der Waals surface area contributed by atoms with Gasteiger partial charge in [0.1, 0.15) is 5.75 Å². The zero-order valence-electron chi connectivity index (χ0n) is 10.7. The first-order chi connectivity index (χ1) is 8.45. The number of sulfonamides is 1. The molecule has 102 valence electrons. The average molecular weight is 272 g/mol. The fourth-order valence-electron chi connectivity index (χ4n) is 1.37. The Morgan fingerprint density at radius 2 is 1.89 bits per heavy atom. The standard InChI is InChI=1S/C12H20N2O3S/c1-10(2)14-18(15,16)12-6-4-11(5-7-12)17-9-3-8-13/h4-7,10,14H,3,8-9,13H2,1-2H3. The van der Waals surface area contributed by atoms with Crippen molar-refractivity contribution in [3.8, 4) is 5.75 Å². The van der Waals surface area contributed by atoms with Crippen molar-refractivity contribution >= 4 is 10.0 Å². The van der Waals surface area contributed by atoms with Crippen LogP contribution in [-0.4, -0.2) is 27.6 Å². The number of rotatable bonds is 7. The second kappa shape index (κ2) is 6.72. The van der Waals surface area contributed by atoms with Crippen LogP contribution in [0.1, 0.15) is 20.3 Å². The molecule has 0 saturated heterocycles. The fraction of sp³-hybridized carbons (Fsp3) is 0.500.